The van der Waals surface area contributed by atoms with Crippen molar-refractivity contribution in [3.05, 3.63) is 44.2 Å². The van der Waals surface area contributed by atoms with Crippen LogP contribution in [0, 0.1) is 6.92 Å². The molecule has 0 radical (unpaired) electrons. The Morgan fingerprint density at radius 1 is 1.17 bits per heavy atom. The molecular weight excluding hydrogens is 328 g/mol. The largest absolute Gasteiger partial charge is 0.507 e. The smallest absolute Gasteiger partial charge is 0.342 e. The van der Waals surface area contributed by atoms with Crippen LogP contribution in [0.2, 0.25) is 5.02 Å². The Bertz CT molecular complexity index is 903. The van der Waals surface area contributed by atoms with Crippen molar-refractivity contribution >= 4 is 29.4 Å². The summed E-state index contributed by atoms with van der Waals surface area (Å²) in [4.78, 5) is 36.7. The summed E-state index contributed by atoms with van der Waals surface area (Å²) in [5.74, 6) is -4.17. The molecular formula is C14H11ClN2O6. The van der Waals surface area contributed by atoms with E-state index in [1.807, 2.05) is 4.98 Å². The lowest BCUT2D eigenvalue weighted by atomic mass is 9.93. The number of pyridine rings is 1. The molecule has 0 amide bonds. The van der Waals surface area contributed by atoms with Crippen molar-refractivity contribution < 1.29 is 24.9 Å². The van der Waals surface area contributed by atoms with Crippen molar-refractivity contribution in [2.45, 2.75) is 6.92 Å². The van der Waals surface area contributed by atoms with Crippen LogP contribution in [-0.4, -0.2) is 32.2 Å². The molecule has 23 heavy (non-hydrogen) atoms. The molecule has 0 aliphatic heterocycles. The fourth-order valence-corrected chi connectivity index (χ4v) is 2.35. The number of nitrogen functional groups attached to an aromatic ring is 1. The lowest BCUT2D eigenvalue weighted by molar-refractivity contribution is 0.0695. The molecule has 9 heteroatoms. The van der Waals surface area contributed by atoms with E-state index >= 15 is 0 Å². The maximum atomic E-state index is 11.9. The van der Waals surface area contributed by atoms with Gasteiger partial charge in [0.15, 0.2) is 0 Å². The molecule has 2 rings (SSSR count). The number of phenols is 1. The lowest BCUT2D eigenvalue weighted by Crippen LogP contribution is -2.24. The first kappa shape index (κ1) is 16.4. The molecule has 8 nitrogen and oxygen atoms in total. The SMILES string of the molecule is Cc1c(Cl)ccc(-c2c(C(=O)O)c(N)[nH]c(=O)c2C(=O)O)c1O. The molecule has 0 bridgehead atoms. The van der Waals surface area contributed by atoms with Gasteiger partial charge in [0.25, 0.3) is 5.56 Å². The molecule has 1 heterocycles. The molecule has 0 aliphatic rings. The minimum Gasteiger partial charge on any atom is -0.507 e. The predicted octanol–water partition coefficient (Wildman–Crippen LogP) is 1.69. The average molecular weight is 339 g/mol. The number of nitrogens with two attached hydrogens (primary N) is 1. The summed E-state index contributed by atoms with van der Waals surface area (Å²) in [6.45, 7) is 1.46. The molecule has 0 atom stereocenters. The molecule has 0 spiro atoms. The molecule has 0 unspecified atom stereocenters. The topological polar surface area (TPSA) is 154 Å². The number of nitrogens with one attached hydrogen (secondary N) is 1. The molecule has 120 valence electrons. The minimum atomic E-state index is -1.66. The Morgan fingerprint density at radius 3 is 2.26 bits per heavy atom. The first-order valence-corrected chi connectivity index (χ1v) is 6.55. The number of hydrogen-bond acceptors (Lipinski definition) is 5. The van der Waals surface area contributed by atoms with Gasteiger partial charge >= 0.3 is 11.9 Å². The Morgan fingerprint density at radius 2 is 1.74 bits per heavy atom. The molecule has 1 aromatic carbocycles. The van der Waals surface area contributed by atoms with Crippen LogP contribution in [-0.2, 0) is 0 Å². The van der Waals surface area contributed by atoms with E-state index in [9.17, 15) is 29.7 Å². The van der Waals surface area contributed by atoms with Gasteiger partial charge in [0.1, 0.15) is 22.7 Å². The van der Waals surface area contributed by atoms with Crippen molar-refractivity contribution in [3.8, 4) is 16.9 Å². The van der Waals surface area contributed by atoms with Gasteiger partial charge in [-0.15, -0.1) is 0 Å². The van der Waals surface area contributed by atoms with Crippen LogP contribution >= 0.6 is 11.6 Å². The molecule has 0 saturated heterocycles. The molecule has 0 aliphatic carbocycles. The van der Waals surface area contributed by atoms with Gasteiger partial charge in [0, 0.05) is 21.7 Å². The van der Waals surface area contributed by atoms with E-state index in [0.717, 1.165) is 0 Å². The van der Waals surface area contributed by atoms with Crippen molar-refractivity contribution in [1.29, 1.82) is 0 Å². The fraction of sp³-hybridized carbons (Fsp3) is 0.0714. The highest BCUT2D eigenvalue weighted by Gasteiger charge is 2.28. The second-order valence-electron chi connectivity index (χ2n) is 4.67. The second-order valence-corrected chi connectivity index (χ2v) is 5.08. The zero-order valence-electron chi connectivity index (χ0n) is 11.7. The van der Waals surface area contributed by atoms with E-state index < -0.39 is 45.8 Å². The molecule has 6 N–H and O–H groups in total. The van der Waals surface area contributed by atoms with Crippen molar-refractivity contribution in [3.63, 3.8) is 0 Å². The van der Waals surface area contributed by atoms with E-state index in [0.29, 0.717) is 0 Å². The first-order valence-electron chi connectivity index (χ1n) is 6.17. The summed E-state index contributed by atoms with van der Waals surface area (Å²) in [5, 5.41) is 29.0. The quantitative estimate of drug-likeness (QED) is 0.570. The van der Waals surface area contributed by atoms with E-state index in [-0.39, 0.29) is 16.1 Å². The monoisotopic (exact) mass is 338 g/mol. The van der Waals surface area contributed by atoms with E-state index in [1.54, 1.807) is 0 Å². The average Bonchev–Trinajstić information content (AvgIpc) is 2.43. The number of hydrogen-bond donors (Lipinski definition) is 5. The number of carboxylic acid groups (broad SMARTS) is 2. The third-order valence-electron chi connectivity index (χ3n) is 3.31. The Hall–Kier alpha value is -3.00. The van der Waals surface area contributed by atoms with Gasteiger partial charge < -0.3 is 26.0 Å². The first-order chi connectivity index (χ1) is 10.7. The third kappa shape index (κ3) is 2.59. The van der Waals surface area contributed by atoms with E-state index in [1.165, 1.54) is 19.1 Å². The Labute approximate surface area is 133 Å². The summed E-state index contributed by atoms with van der Waals surface area (Å²) < 4.78 is 0. The van der Waals surface area contributed by atoms with Crippen LogP contribution in [0.5, 0.6) is 5.75 Å². The number of aromatic carboxylic acids is 2. The van der Waals surface area contributed by atoms with Crippen LogP contribution in [0.4, 0.5) is 5.82 Å². The third-order valence-corrected chi connectivity index (χ3v) is 3.72. The summed E-state index contributed by atoms with van der Waals surface area (Å²) in [7, 11) is 0. The standard InChI is InChI=1S/C14H11ClN2O6/c1-4-6(15)3-2-5(10(4)18)7-8(13(20)21)11(16)17-12(19)9(7)14(22)23/h2-3,18H,1H3,(H,20,21)(H,22,23)(H3,16,17,19). The summed E-state index contributed by atoms with van der Waals surface area (Å²) in [5.41, 5.74) is 2.52. The maximum Gasteiger partial charge on any atom is 0.342 e. The van der Waals surface area contributed by atoms with E-state index in [4.69, 9.17) is 17.3 Å². The lowest BCUT2D eigenvalue weighted by Gasteiger charge is -2.14. The molecule has 0 saturated carbocycles. The number of carbonyl (C=O) groups is 2. The normalized spacial score (nSPS) is 10.5. The summed E-state index contributed by atoms with van der Waals surface area (Å²) in [6.07, 6.45) is 0. The molecule has 0 fully saturated rings. The number of benzene rings is 1. The zero-order valence-corrected chi connectivity index (χ0v) is 12.4. The van der Waals surface area contributed by atoms with Crippen molar-refractivity contribution in [1.82, 2.24) is 4.98 Å². The Kier molecular flexibility index (Phi) is 4.02. The number of halogens is 1. The summed E-state index contributed by atoms with van der Waals surface area (Å²) in [6, 6.07) is 2.57. The fourth-order valence-electron chi connectivity index (χ4n) is 2.19. The molecule has 2 aromatic rings. The van der Waals surface area contributed by atoms with Crippen molar-refractivity contribution in [2.75, 3.05) is 5.73 Å². The number of carboxylic acids is 2. The van der Waals surface area contributed by atoms with Gasteiger partial charge in [-0.25, -0.2) is 9.59 Å². The highest BCUT2D eigenvalue weighted by atomic mass is 35.5. The maximum absolute atomic E-state index is 11.9. The zero-order chi connectivity index (χ0) is 17.5. The van der Waals surface area contributed by atoms with Gasteiger partial charge in [-0.3, -0.25) is 4.79 Å². The second kappa shape index (κ2) is 5.65. The van der Waals surface area contributed by atoms with Crippen LogP contribution in [0.15, 0.2) is 16.9 Å². The van der Waals surface area contributed by atoms with Crippen LogP contribution in [0.25, 0.3) is 11.1 Å². The van der Waals surface area contributed by atoms with Crippen molar-refractivity contribution in [2.24, 2.45) is 0 Å². The van der Waals surface area contributed by atoms with E-state index in [2.05, 4.69) is 0 Å². The number of aromatic hydroxyl groups is 1. The number of aromatic nitrogens is 1. The van der Waals surface area contributed by atoms with Gasteiger partial charge in [0.05, 0.1) is 0 Å². The number of aromatic amines is 1. The number of phenolic OH excluding ortho intramolecular Hbond substituents is 1. The minimum absolute atomic E-state index is 0.167. The van der Waals surface area contributed by atoms with Crippen LogP contribution < -0.4 is 11.3 Å². The predicted molar refractivity (Wildman–Crippen MR) is 82.2 cm³/mol. The van der Waals surface area contributed by atoms with Gasteiger partial charge in [0.2, 0.25) is 0 Å². The summed E-state index contributed by atoms with van der Waals surface area (Å²) >= 11 is 5.86. The van der Waals surface area contributed by atoms with Gasteiger partial charge in [-0.1, -0.05) is 11.6 Å². The van der Waals surface area contributed by atoms with Gasteiger partial charge in [-0.2, -0.15) is 0 Å². The van der Waals surface area contributed by atoms with Crippen LogP contribution in [0.1, 0.15) is 26.3 Å². The van der Waals surface area contributed by atoms with Crippen LogP contribution in [0.3, 0.4) is 0 Å². The number of rotatable bonds is 3. The Balaban J connectivity index is 3.07. The highest BCUT2D eigenvalue weighted by molar-refractivity contribution is 6.31. The highest BCUT2D eigenvalue weighted by Crippen LogP contribution is 2.39. The molecule has 1 aromatic heterocycles. The number of H-pyrrole nitrogens is 1. The number of anilines is 1. The van der Waals surface area contributed by atoms with Gasteiger partial charge in [-0.05, 0) is 19.1 Å².